The minimum atomic E-state index is -0.188. The molecule has 1 saturated heterocycles. The first-order valence-electron chi connectivity index (χ1n) is 12.8. The summed E-state index contributed by atoms with van der Waals surface area (Å²) in [6.07, 6.45) is 9.70. The van der Waals surface area contributed by atoms with Crippen LogP contribution in [0.4, 0.5) is 0 Å². The molecule has 0 aromatic carbocycles. The lowest BCUT2D eigenvalue weighted by atomic mass is 9.44. The van der Waals surface area contributed by atoms with Gasteiger partial charge in [0, 0.05) is 25.0 Å². The van der Waals surface area contributed by atoms with Gasteiger partial charge in [-0.3, -0.25) is 9.69 Å². The molecule has 30 heavy (non-hydrogen) atoms. The van der Waals surface area contributed by atoms with Crippen LogP contribution >= 0.6 is 0 Å². The maximum atomic E-state index is 12.4. The molecule has 0 aromatic heterocycles. The Bertz CT molecular complexity index is 681. The van der Waals surface area contributed by atoms with Gasteiger partial charge >= 0.3 is 0 Å². The SMILES string of the molecule is CC(=O)[C@H]1CC[C@H]2[C@@H]3CC[C@H]4C[C@H](O)[C@@H](N5CCO[C@@H](C)C5)C[C@]4(C)[C@H]3CC[C@]12C. The summed E-state index contributed by atoms with van der Waals surface area (Å²) in [5.74, 6) is 3.68. The number of hydrogen-bond donors (Lipinski definition) is 1. The van der Waals surface area contributed by atoms with Crippen molar-refractivity contribution in [1.29, 1.82) is 0 Å². The number of aliphatic hydroxyl groups is 1. The van der Waals surface area contributed by atoms with E-state index in [1.165, 1.54) is 32.1 Å². The molecule has 0 aromatic rings. The monoisotopic (exact) mass is 417 g/mol. The topological polar surface area (TPSA) is 49.8 Å². The van der Waals surface area contributed by atoms with Crippen molar-refractivity contribution in [3.8, 4) is 0 Å². The molecule has 1 heterocycles. The first-order valence-corrected chi connectivity index (χ1v) is 12.8. The Balaban J connectivity index is 1.39. The van der Waals surface area contributed by atoms with Crippen molar-refractivity contribution in [2.45, 2.75) is 97.3 Å². The van der Waals surface area contributed by atoms with Crippen LogP contribution in [0.1, 0.15) is 79.1 Å². The van der Waals surface area contributed by atoms with Crippen LogP contribution < -0.4 is 0 Å². The molecule has 170 valence electrons. The fraction of sp³-hybridized carbons (Fsp3) is 0.962. The van der Waals surface area contributed by atoms with Gasteiger partial charge in [0.05, 0.1) is 18.8 Å². The highest BCUT2D eigenvalue weighted by Crippen LogP contribution is 2.67. The lowest BCUT2D eigenvalue weighted by Gasteiger charge is -2.62. The molecule has 5 fully saturated rings. The van der Waals surface area contributed by atoms with Crippen LogP contribution in [0.3, 0.4) is 0 Å². The van der Waals surface area contributed by atoms with Gasteiger partial charge < -0.3 is 9.84 Å². The van der Waals surface area contributed by atoms with Gasteiger partial charge in [-0.05, 0) is 99.7 Å². The Morgan fingerprint density at radius 3 is 2.57 bits per heavy atom. The van der Waals surface area contributed by atoms with E-state index in [0.717, 1.165) is 56.7 Å². The number of morpholine rings is 1. The van der Waals surface area contributed by atoms with E-state index in [2.05, 4.69) is 25.7 Å². The summed E-state index contributed by atoms with van der Waals surface area (Å²) in [7, 11) is 0. The number of ketones is 1. The predicted octanol–water partition coefficient (Wildman–Crippen LogP) is 4.29. The van der Waals surface area contributed by atoms with E-state index in [-0.39, 0.29) is 17.6 Å². The molecular weight excluding hydrogens is 374 g/mol. The molecule has 0 radical (unpaired) electrons. The zero-order chi connectivity index (χ0) is 21.3. The molecule has 4 nitrogen and oxygen atoms in total. The highest BCUT2D eigenvalue weighted by Gasteiger charge is 2.62. The smallest absolute Gasteiger partial charge is 0.133 e. The van der Waals surface area contributed by atoms with E-state index in [4.69, 9.17) is 4.74 Å². The van der Waals surface area contributed by atoms with E-state index < -0.39 is 0 Å². The normalized spacial score (nSPS) is 54.2. The van der Waals surface area contributed by atoms with E-state index in [1.807, 2.05) is 6.92 Å². The van der Waals surface area contributed by atoms with Crippen molar-refractivity contribution in [3.63, 3.8) is 0 Å². The number of fused-ring (bicyclic) bond motifs is 5. The summed E-state index contributed by atoms with van der Waals surface area (Å²) in [4.78, 5) is 14.9. The first-order chi connectivity index (χ1) is 14.2. The number of Topliss-reactive ketones (excluding diaryl/α,β-unsaturated/α-hetero) is 1. The molecule has 4 heteroatoms. The van der Waals surface area contributed by atoms with Crippen molar-refractivity contribution in [1.82, 2.24) is 4.90 Å². The quantitative estimate of drug-likeness (QED) is 0.728. The maximum Gasteiger partial charge on any atom is 0.133 e. The molecule has 5 rings (SSSR count). The lowest BCUT2D eigenvalue weighted by molar-refractivity contribution is -0.160. The van der Waals surface area contributed by atoms with E-state index in [1.54, 1.807) is 0 Å². The van der Waals surface area contributed by atoms with Crippen molar-refractivity contribution < 1.29 is 14.6 Å². The number of rotatable bonds is 2. The summed E-state index contributed by atoms with van der Waals surface area (Å²) < 4.78 is 5.79. The molecule has 0 bridgehead atoms. The number of carbonyl (C=O) groups is 1. The highest BCUT2D eigenvalue weighted by atomic mass is 16.5. The third-order valence-electron chi connectivity index (χ3n) is 10.9. The van der Waals surface area contributed by atoms with Gasteiger partial charge in [0.1, 0.15) is 5.78 Å². The Morgan fingerprint density at radius 1 is 1.07 bits per heavy atom. The van der Waals surface area contributed by atoms with Gasteiger partial charge in [0.15, 0.2) is 0 Å². The molecule has 4 aliphatic carbocycles. The number of carbonyl (C=O) groups excluding carboxylic acids is 1. The average Bonchev–Trinajstić information content (AvgIpc) is 3.05. The second-order valence-corrected chi connectivity index (χ2v) is 12.2. The van der Waals surface area contributed by atoms with Gasteiger partial charge in [-0.1, -0.05) is 13.8 Å². The van der Waals surface area contributed by atoms with Crippen LogP contribution in [-0.4, -0.2) is 53.7 Å². The Morgan fingerprint density at radius 2 is 1.83 bits per heavy atom. The van der Waals surface area contributed by atoms with Crippen molar-refractivity contribution >= 4 is 5.78 Å². The minimum absolute atomic E-state index is 0.188. The van der Waals surface area contributed by atoms with E-state index in [0.29, 0.717) is 29.1 Å². The number of nitrogens with zero attached hydrogens (tertiary/aromatic N) is 1. The molecule has 0 amide bonds. The minimum Gasteiger partial charge on any atom is -0.391 e. The molecule has 1 aliphatic heterocycles. The third kappa shape index (κ3) is 3.15. The van der Waals surface area contributed by atoms with Crippen molar-refractivity contribution in [2.24, 2.45) is 40.4 Å². The molecule has 1 N–H and O–H groups in total. The van der Waals surface area contributed by atoms with Gasteiger partial charge in [0.25, 0.3) is 0 Å². The molecule has 0 unspecified atom stereocenters. The number of aliphatic hydroxyl groups excluding tert-OH is 1. The summed E-state index contributed by atoms with van der Waals surface area (Å²) in [5, 5.41) is 11.1. The molecule has 5 aliphatic rings. The highest BCUT2D eigenvalue weighted by molar-refractivity contribution is 5.79. The Hall–Kier alpha value is -0.450. The molecule has 4 saturated carbocycles. The zero-order valence-electron chi connectivity index (χ0n) is 19.6. The fourth-order valence-corrected chi connectivity index (χ4v) is 9.46. The standard InChI is InChI=1S/C26H43NO3/c1-16-15-27(11-12-30-16)23-14-26(4)18(13-24(23)29)5-6-19-21-8-7-20(17(2)28)25(21,3)10-9-22(19)26/h16,18-24,29H,5-15H2,1-4H3/t16-,18-,19-,20+,21-,22-,23-,24-,25+,26-/m0/s1. The van der Waals surface area contributed by atoms with Crippen LogP contribution in [0.2, 0.25) is 0 Å². The van der Waals surface area contributed by atoms with Crippen molar-refractivity contribution in [2.75, 3.05) is 19.7 Å². The summed E-state index contributed by atoms with van der Waals surface area (Å²) in [6, 6.07) is 0.290. The third-order valence-corrected chi connectivity index (χ3v) is 10.9. The lowest BCUT2D eigenvalue weighted by Crippen LogP contribution is -2.61. The van der Waals surface area contributed by atoms with E-state index >= 15 is 0 Å². The van der Waals surface area contributed by atoms with E-state index in [9.17, 15) is 9.90 Å². The van der Waals surface area contributed by atoms with Crippen molar-refractivity contribution in [3.05, 3.63) is 0 Å². The largest absolute Gasteiger partial charge is 0.391 e. The van der Waals surface area contributed by atoms with Crippen LogP contribution in [0.5, 0.6) is 0 Å². The van der Waals surface area contributed by atoms with Gasteiger partial charge in [0.2, 0.25) is 0 Å². The zero-order valence-corrected chi connectivity index (χ0v) is 19.6. The van der Waals surface area contributed by atoms with Gasteiger partial charge in [-0.25, -0.2) is 0 Å². The molecule has 10 atom stereocenters. The maximum absolute atomic E-state index is 12.4. The summed E-state index contributed by atoms with van der Waals surface area (Å²) >= 11 is 0. The van der Waals surface area contributed by atoms with Crippen LogP contribution in [0.15, 0.2) is 0 Å². The van der Waals surface area contributed by atoms with Crippen LogP contribution in [0.25, 0.3) is 0 Å². The van der Waals surface area contributed by atoms with Gasteiger partial charge in [-0.2, -0.15) is 0 Å². The number of hydrogen-bond acceptors (Lipinski definition) is 4. The second kappa shape index (κ2) is 7.56. The fourth-order valence-electron chi connectivity index (χ4n) is 9.46. The predicted molar refractivity (Wildman–Crippen MR) is 118 cm³/mol. The number of ether oxygens (including phenoxy) is 1. The average molecular weight is 418 g/mol. The first kappa shape index (κ1) is 21.4. The summed E-state index contributed by atoms with van der Waals surface area (Å²) in [5.41, 5.74) is 0.577. The molecular formula is C26H43NO3. The van der Waals surface area contributed by atoms with Crippen LogP contribution in [-0.2, 0) is 9.53 Å². The second-order valence-electron chi connectivity index (χ2n) is 12.2. The van der Waals surface area contributed by atoms with Crippen LogP contribution in [0, 0.1) is 40.4 Å². The van der Waals surface area contributed by atoms with Gasteiger partial charge in [-0.15, -0.1) is 0 Å². The molecule has 0 spiro atoms. The Kier molecular flexibility index (Phi) is 5.39. The summed E-state index contributed by atoms with van der Waals surface area (Å²) in [6.45, 7) is 11.7. The Labute approximate surface area is 183 Å².